The van der Waals surface area contributed by atoms with Gasteiger partial charge in [-0.1, -0.05) is 74.9 Å². The first-order valence-electron chi connectivity index (χ1n) is 47.5. The maximum absolute atomic E-state index is 14.0. The molecule has 146 heavy (non-hydrogen) atoms. The minimum Gasteiger partial charge on any atom is -0.507 e. The van der Waals surface area contributed by atoms with Crippen LogP contribution in [-0.2, 0) is 124 Å². The molecule has 15 aliphatic rings. The molecule has 21 rings (SSSR count). The summed E-state index contributed by atoms with van der Waals surface area (Å²) in [7, 11) is 8.64. The summed E-state index contributed by atoms with van der Waals surface area (Å²) in [6.45, 7) is 6.38. The van der Waals surface area contributed by atoms with Crippen LogP contribution in [0.3, 0.4) is 0 Å². The van der Waals surface area contributed by atoms with Gasteiger partial charge >= 0.3 is 11.9 Å². The molecule has 0 saturated carbocycles. The van der Waals surface area contributed by atoms with Crippen molar-refractivity contribution < 1.29 is 193 Å². The number of methoxy groups -OCH3 is 6. The molecule has 782 valence electrons. The number of aliphatic hydroxyl groups is 3. The van der Waals surface area contributed by atoms with Crippen LogP contribution in [0.5, 0.6) is 51.7 Å². The van der Waals surface area contributed by atoms with Crippen LogP contribution >= 0.6 is 38.5 Å². The number of hydrogen-bond acceptors (Lipinski definition) is 44. The van der Waals surface area contributed by atoms with Gasteiger partial charge in [0.2, 0.25) is 28.9 Å². The number of halogens is 2. The second-order valence-electron chi connectivity index (χ2n) is 38.1. The molecule has 0 bridgehead atoms. The Balaban J connectivity index is 0.000000138. The zero-order chi connectivity index (χ0) is 104. The number of nitrogens with zero attached hydrogens (tertiary/aromatic N) is 3. The van der Waals surface area contributed by atoms with E-state index in [9.17, 15) is 98.7 Å². The molecule has 0 unspecified atom stereocenters. The van der Waals surface area contributed by atoms with Gasteiger partial charge in [-0.05, 0) is 39.0 Å². The molecule has 0 radical (unpaired) electrons. The predicted octanol–water partition coefficient (Wildman–Crippen LogP) is 4.03. The van der Waals surface area contributed by atoms with Crippen molar-refractivity contribution in [3.63, 3.8) is 0 Å². The second-order valence-corrected chi connectivity index (χ2v) is 39.5. The van der Waals surface area contributed by atoms with Gasteiger partial charge in [0.15, 0.2) is 92.8 Å². The van der Waals surface area contributed by atoms with E-state index in [0.29, 0.717) is 45.9 Å². The number of carbonyl (C=O) groups excluding carboxylic acids is 11. The molecule has 24 atom stereocenters. The lowest BCUT2D eigenvalue weighted by Gasteiger charge is -2.43. The normalized spacial score (nSPS) is 32.2. The molecule has 6 aromatic rings. The van der Waals surface area contributed by atoms with Crippen molar-refractivity contribution in [2.45, 2.75) is 225 Å². The number of aromatic hydroxyl groups is 6. The first-order chi connectivity index (χ1) is 69.9. The van der Waals surface area contributed by atoms with E-state index in [-0.39, 0.29) is 149 Å². The Morgan fingerprint density at radius 2 is 0.699 bits per heavy atom. The minimum absolute atomic E-state index is 0.0153. The molecule has 9 saturated heterocycles. The molecule has 6 aliphatic carbocycles. The maximum Gasteiger partial charge on any atom is 0.316 e. The summed E-state index contributed by atoms with van der Waals surface area (Å²) in [6, 6.07) is 12.8. The van der Waals surface area contributed by atoms with E-state index in [1.165, 1.54) is 90.1 Å². The summed E-state index contributed by atoms with van der Waals surface area (Å²) < 4.78 is 117. The molecular weight excluding hydrogens is 2100 g/mol. The lowest BCUT2D eigenvalue weighted by molar-refractivity contribution is -0.256. The third kappa shape index (κ3) is 17.6. The molecule has 9 fully saturated rings. The van der Waals surface area contributed by atoms with Crippen molar-refractivity contribution in [2.75, 3.05) is 112 Å². The second kappa shape index (κ2) is 40.9. The molecule has 46 heteroatoms. The van der Waals surface area contributed by atoms with Gasteiger partial charge in [-0.15, -0.1) is 0 Å². The quantitative estimate of drug-likeness (QED) is 0.0198. The van der Waals surface area contributed by atoms with Crippen molar-refractivity contribution in [1.29, 1.82) is 0 Å². The number of alkyl halides is 2. The fraction of sp³-hybridized carbons (Fsp3) is 0.530. The van der Waals surface area contributed by atoms with Crippen LogP contribution in [0.25, 0.3) is 0 Å². The molecule has 9 heterocycles. The first kappa shape index (κ1) is 104. The largest absolute Gasteiger partial charge is 0.507 e. The van der Waals surface area contributed by atoms with E-state index >= 15 is 0 Å². The van der Waals surface area contributed by atoms with Crippen LogP contribution in [0.15, 0.2) is 54.6 Å². The highest BCUT2D eigenvalue weighted by atomic mass is 127. The van der Waals surface area contributed by atoms with Gasteiger partial charge in [-0.2, -0.15) is 0 Å². The minimum atomic E-state index is -2.29. The standard InChI is InChI=1S/C34H36BrNO14.C34H36INO14.C32H36N2O12/c2*1-14-31-17(36-7-8-46-33(45-3)32(36)50-31)9-22(48-14)49-19-11-34(43,20(37)13-47-21(38)12-35)10-16-24(19)30(42)26-25(28(16)40)27(39)15-5-4-6-18(44-2)23(15)29(26)41;1-13-29-16(34-7-8-43-31(42-3)30(34)46-29)9-20(44-13)45-18-11-32(40,19(35)12-33)10-15-22(18)28(39)24-23(26(15)37)25(36)14-5-4-6-17(41-2)21(14)27(24)38/h2*4-6,14,17,19,22,31-33,40,42-43H,7-13H2,1-3H3;4-6,13,16,18,20,29-31,37,39-40H,7-12,33H2,1-3H3/t2*14-,17-,19-,22-,31+,32+,33-,34-;13-,16-,18-,20-,29+,30+,31-,32-/m000/s1. The molecule has 0 spiro atoms. The lowest BCUT2D eigenvalue weighted by Crippen LogP contribution is -2.55. The zero-order valence-corrected chi connectivity index (χ0v) is 84.1. The van der Waals surface area contributed by atoms with E-state index < -0.39 is 294 Å². The highest BCUT2D eigenvalue weighted by Gasteiger charge is 2.62. The van der Waals surface area contributed by atoms with Crippen LogP contribution in [-0.4, -0.2) is 364 Å². The van der Waals surface area contributed by atoms with Crippen molar-refractivity contribution >= 4 is 103 Å². The number of hydrogen-bond donors (Lipinski definition) is 10. The van der Waals surface area contributed by atoms with Crippen molar-refractivity contribution in [2.24, 2.45) is 5.73 Å². The van der Waals surface area contributed by atoms with E-state index in [4.69, 9.17) is 100 Å². The maximum atomic E-state index is 14.0. The number of fused-ring (bicyclic) bond motifs is 18. The van der Waals surface area contributed by atoms with E-state index in [2.05, 4.69) is 30.6 Å². The average molecular weight is 2210 g/mol. The average Bonchev–Trinajstić information content (AvgIpc) is 0.934. The summed E-state index contributed by atoms with van der Waals surface area (Å²) in [5.41, 5.74) is -4.63. The van der Waals surface area contributed by atoms with Gasteiger partial charge in [0.25, 0.3) is 0 Å². The summed E-state index contributed by atoms with van der Waals surface area (Å²) in [6.07, 6.45) is -14.5. The molecule has 0 amide bonds. The summed E-state index contributed by atoms with van der Waals surface area (Å²) >= 11 is 4.74. The first-order valence-corrected chi connectivity index (χ1v) is 50.1. The molecular formula is C100H108BrIN4O40. The third-order valence-corrected chi connectivity index (χ3v) is 31.3. The van der Waals surface area contributed by atoms with E-state index in [1.54, 1.807) is 29.7 Å². The van der Waals surface area contributed by atoms with Crippen LogP contribution in [0.4, 0.5) is 0 Å². The molecule has 0 aromatic heterocycles. The number of benzene rings is 6. The Hall–Kier alpha value is -10.2. The van der Waals surface area contributed by atoms with Gasteiger partial charge in [0.05, 0.1) is 139 Å². The summed E-state index contributed by atoms with van der Waals surface area (Å²) in [5.74, 6) is -12.0. The predicted molar refractivity (Wildman–Crippen MR) is 503 cm³/mol. The Bertz CT molecular complexity index is 6090. The van der Waals surface area contributed by atoms with Gasteiger partial charge in [-0.3, -0.25) is 67.4 Å². The fourth-order valence-electron chi connectivity index (χ4n) is 23.5. The molecule has 11 N–H and O–H groups in total. The number of morpholine rings is 3. The van der Waals surface area contributed by atoms with Gasteiger partial charge in [0, 0.05) is 167 Å². The van der Waals surface area contributed by atoms with Crippen LogP contribution in [0, 0.1) is 0 Å². The number of ketones is 9. The number of carbonyl (C=O) groups is 11. The fourth-order valence-corrected chi connectivity index (χ4v) is 23.8. The third-order valence-electron chi connectivity index (χ3n) is 30.2. The smallest absolute Gasteiger partial charge is 0.316 e. The number of phenolic OH excluding ortho intramolecular Hbond substituents is 6. The van der Waals surface area contributed by atoms with Crippen LogP contribution in [0.2, 0.25) is 0 Å². The summed E-state index contributed by atoms with van der Waals surface area (Å²) in [5, 5.41) is 106. The number of rotatable bonds is 22. The van der Waals surface area contributed by atoms with Crippen molar-refractivity contribution in [1.82, 2.24) is 14.7 Å². The molecule has 6 aromatic carbocycles. The highest BCUT2D eigenvalue weighted by molar-refractivity contribution is 14.1. The number of nitrogens with two attached hydrogens (primary N) is 1. The Morgan fingerprint density at radius 3 is 0.973 bits per heavy atom. The number of esters is 2. The Kier molecular flexibility index (Phi) is 29.3. The van der Waals surface area contributed by atoms with Gasteiger partial charge < -0.3 is 146 Å². The van der Waals surface area contributed by atoms with Crippen molar-refractivity contribution in [3.05, 3.63) is 155 Å². The Morgan fingerprint density at radius 1 is 0.411 bits per heavy atom. The SMILES string of the molecule is COc1cccc2c1C(=O)c1c(O)c3c(c(O)c1C2=O)C[C@@](O)(C(=O)CN)C[C@@H]3O[C@H]1C[C@H]2[C@H](O[C@@H]3[C@@H](OC)OCCN32)[C@H](C)O1.COc1cccc2c1C(=O)c1c(O)c3c(c(O)c1C2=O)C[C@@](O)(C(=O)COC(=O)CBr)C[C@@H]3O[C@H]1C[C@H]2[C@H](O[C@@H]3[C@@H](OC)OCCN32)[C@H](C)O1.COc1cccc2c1C(=O)c1c(O)c3c(c(O)c1C2=O)C[C@@](O)(C(=O)COC(=O)CI)C[C@@H]3O[C@H]1C[C@H]2[C@H](O[C@@H]3[C@@H](OC)OCCN32)[C@H](C)O1. The van der Waals surface area contributed by atoms with Crippen LogP contribution < -0.4 is 19.9 Å². The molecule has 44 nitrogen and oxygen atoms in total. The molecule has 9 aliphatic heterocycles. The summed E-state index contributed by atoms with van der Waals surface area (Å²) in [4.78, 5) is 153. The van der Waals surface area contributed by atoms with E-state index in [0.717, 1.165) is 0 Å². The number of ether oxygens (including phenoxy) is 20. The zero-order valence-electron chi connectivity index (χ0n) is 80.3. The van der Waals surface area contributed by atoms with Crippen molar-refractivity contribution in [3.8, 4) is 51.7 Å². The number of phenols is 6. The van der Waals surface area contributed by atoms with Gasteiger partial charge in [0.1, 0.15) is 92.2 Å². The lowest BCUT2D eigenvalue weighted by atomic mass is 9.71. The van der Waals surface area contributed by atoms with E-state index in [1.807, 2.05) is 20.8 Å². The Labute approximate surface area is 854 Å². The number of Topliss-reactive ketones (excluding diaryl/α,β-unsaturated/α-hetero) is 3. The highest BCUT2D eigenvalue weighted by Crippen LogP contribution is 2.59. The topological polar surface area (TPSA) is 590 Å². The monoisotopic (exact) mass is 2210 g/mol. The van der Waals surface area contributed by atoms with Gasteiger partial charge in [-0.25, -0.2) is 0 Å². The van der Waals surface area contributed by atoms with Crippen LogP contribution in [0.1, 0.15) is 207 Å².